The Morgan fingerprint density at radius 2 is 1.83 bits per heavy atom. The van der Waals surface area contributed by atoms with E-state index in [0.717, 1.165) is 5.69 Å². The molecule has 0 amide bonds. The maximum Gasteiger partial charge on any atom is 0.182 e. The molecule has 0 N–H and O–H groups in total. The number of piperidine rings is 1. The van der Waals surface area contributed by atoms with E-state index >= 15 is 0 Å². The molecule has 0 saturated carbocycles. The normalized spacial score (nSPS) is 16.5. The van der Waals surface area contributed by atoms with Crippen LogP contribution in [0.5, 0.6) is 0 Å². The summed E-state index contributed by atoms with van der Waals surface area (Å²) in [6.07, 6.45) is 4.15. The molecule has 1 fully saturated rings. The zero-order valence-electron chi connectivity index (χ0n) is 12.3. The van der Waals surface area contributed by atoms with E-state index in [2.05, 4.69) is 9.88 Å². The van der Waals surface area contributed by atoms with Crippen molar-refractivity contribution in [3.8, 4) is 0 Å². The Hall–Kier alpha value is -1.30. The molecule has 1 aliphatic heterocycles. The minimum atomic E-state index is -3.32. The van der Waals surface area contributed by atoms with Gasteiger partial charge < -0.3 is 4.90 Å². The summed E-state index contributed by atoms with van der Waals surface area (Å²) >= 11 is 12.0. The molecule has 3 rings (SSSR count). The average molecular weight is 371 g/mol. The fourth-order valence-corrected chi connectivity index (χ4v) is 4.80. The van der Waals surface area contributed by atoms with Crippen LogP contribution in [0.1, 0.15) is 12.8 Å². The van der Waals surface area contributed by atoms with Gasteiger partial charge in [0.15, 0.2) is 9.84 Å². The van der Waals surface area contributed by atoms with Gasteiger partial charge in [0.2, 0.25) is 0 Å². The van der Waals surface area contributed by atoms with Gasteiger partial charge in [-0.1, -0.05) is 23.2 Å². The molecule has 23 heavy (non-hydrogen) atoms. The van der Waals surface area contributed by atoms with E-state index in [1.54, 1.807) is 24.4 Å². The molecular formula is C16H16Cl2N2O2S. The Balaban J connectivity index is 1.72. The van der Waals surface area contributed by atoms with Crippen LogP contribution in [0.15, 0.2) is 47.6 Å². The van der Waals surface area contributed by atoms with E-state index in [0.29, 0.717) is 40.9 Å². The number of rotatable bonds is 3. The van der Waals surface area contributed by atoms with Gasteiger partial charge in [-0.3, -0.25) is 4.98 Å². The van der Waals surface area contributed by atoms with Crippen LogP contribution in [0.25, 0.3) is 0 Å². The number of pyridine rings is 1. The lowest BCUT2D eigenvalue weighted by molar-refractivity contribution is 0.529. The van der Waals surface area contributed by atoms with Crippen LogP contribution in [-0.4, -0.2) is 31.7 Å². The third-order valence-corrected chi connectivity index (χ3v) is 7.10. The largest absolute Gasteiger partial charge is 0.371 e. The lowest BCUT2D eigenvalue weighted by Crippen LogP contribution is -2.39. The highest BCUT2D eigenvalue weighted by Crippen LogP contribution is 2.31. The highest BCUT2D eigenvalue weighted by atomic mass is 35.5. The van der Waals surface area contributed by atoms with Crippen LogP contribution in [0, 0.1) is 0 Å². The van der Waals surface area contributed by atoms with Crippen LogP contribution in [0.4, 0.5) is 5.69 Å². The van der Waals surface area contributed by atoms with Crippen molar-refractivity contribution in [1.29, 1.82) is 0 Å². The van der Waals surface area contributed by atoms with Crippen molar-refractivity contribution in [2.45, 2.75) is 23.0 Å². The molecule has 1 aromatic heterocycles. The predicted molar refractivity (Wildman–Crippen MR) is 93.1 cm³/mol. The third kappa shape index (κ3) is 3.47. The fraction of sp³-hybridized carbons (Fsp3) is 0.312. The summed E-state index contributed by atoms with van der Waals surface area (Å²) in [5, 5.41) is 0.657. The SMILES string of the molecule is O=S(=O)(c1cccnc1)C1CCN(c2ccc(Cl)c(Cl)c2)CC1. The predicted octanol–water partition coefficient (Wildman–Crippen LogP) is 3.83. The Bertz CT molecular complexity index is 789. The molecule has 2 aromatic rings. The summed E-state index contributed by atoms with van der Waals surface area (Å²) in [6.45, 7) is 1.34. The molecule has 0 aliphatic carbocycles. The van der Waals surface area contributed by atoms with E-state index in [4.69, 9.17) is 23.2 Å². The third-order valence-electron chi connectivity index (χ3n) is 4.11. The molecule has 2 heterocycles. The molecule has 1 aliphatic rings. The van der Waals surface area contributed by atoms with Gasteiger partial charge in [-0.25, -0.2) is 8.42 Å². The summed E-state index contributed by atoms with van der Waals surface area (Å²) in [5.74, 6) is 0. The van der Waals surface area contributed by atoms with E-state index in [1.165, 1.54) is 6.20 Å². The number of hydrogen-bond acceptors (Lipinski definition) is 4. The summed E-state index contributed by atoms with van der Waals surface area (Å²) in [4.78, 5) is 6.34. The zero-order chi connectivity index (χ0) is 16.4. The molecule has 0 radical (unpaired) electrons. The van der Waals surface area contributed by atoms with Crippen molar-refractivity contribution < 1.29 is 8.42 Å². The van der Waals surface area contributed by atoms with Crippen molar-refractivity contribution in [2.75, 3.05) is 18.0 Å². The molecule has 0 atom stereocenters. The number of sulfone groups is 1. The minimum absolute atomic E-state index is 0.299. The van der Waals surface area contributed by atoms with E-state index in [1.807, 2.05) is 12.1 Å². The first-order valence-corrected chi connectivity index (χ1v) is 9.62. The maximum atomic E-state index is 12.6. The van der Waals surface area contributed by atoms with Crippen molar-refractivity contribution >= 4 is 38.7 Å². The Morgan fingerprint density at radius 1 is 1.09 bits per heavy atom. The molecule has 4 nitrogen and oxygen atoms in total. The lowest BCUT2D eigenvalue weighted by atomic mass is 10.1. The van der Waals surface area contributed by atoms with Crippen molar-refractivity contribution in [3.05, 3.63) is 52.8 Å². The monoisotopic (exact) mass is 370 g/mol. The number of halogens is 2. The second-order valence-electron chi connectivity index (χ2n) is 5.52. The zero-order valence-corrected chi connectivity index (χ0v) is 14.7. The quantitative estimate of drug-likeness (QED) is 0.823. The summed E-state index contributed by atoms with van der Waals surface area (Å²) in [5.41, 5.74) is 0.969. The number of nitrogens with zero attached hydrogens (tertiary/aromatic N) is 2. The van der Waals surface area contributed by atoms with Crippen LogP contribution >= 0.6 is 23.2 Å². The summed E-state index contributed by atoms with van der Waals surface area (Å²) < 4.78 is 25.3. The van der Waals surface area contributed by atoms with E-state index < -0.39 is 9.84 Å². The highest BCUT2D eigenvalue weighted by Gasteiger charge is 2.31. The van der Waals surface area contributed by atoms with E-state index in [-0.39, 0.29) is 5.25 Å². The number of anilines is 1. The molecule has 0 spiro atoms. The van der Waals surface area contributed by atoms with Crippen molar-refractivity contribution in [2.24, 2.45) is 0 Å². The second-order valence-corrected chi connectivity index (χ2v) is 8.56. The Kier molecular flexibility index (Phi) is 4.80. The molecule has 1 aromatic carbocycles. The molecule has 0 bridgehead atoms. The van der Waals surface area contributed by atoms with Crippen LogP contribution in [0.2, 0.25) is 10.0 Å². The lowest BCUT2D eigenvalue weighted by Gasteiger charge is -2.33. The van der Waals surface area contributed by atoms with Crippen LogP contribution in [-0.2, 0) is 9.84 Å². The Labute approximate surface area is 146 Å². The topological polar surface area (TPSA) is 50.3 Å². The first-order valence-electron chi connectivity index (χ1n) is 7.32. The van der Waals surface area contributed by atoms with Gasteiger partial charge in [-0.05, 0) is 43.2 Å². The van der Waals surface area contributed by atoms with Gasteiger partial charge in [0.05, 0.1) is 20.2 Å². The van der Waals surface area contributed by atoms with Gasteiger partial charge in [-0.2, -0.15) is 0 Å². The average Bonchev–Trinajstić information content (AvgIpc) is 2.58. The summed E-state index contributed by atoms with van der Waals surface area (Å²) in [6, 6.07) is 8.74. The molecule has 0 unspecified atom stereocenters. The van der Waals surface area contributed by atoms with Crippen LogP contribution in [0.3, 0.4) is 0 Å². The molecule has 122 valence electrons. The summed E-state index contributed by atoms with van der Waals surface area (Å²) in [7, 11) is -3.32. The minimum Gasteiger partial charge on any atom is -0.371 e. The Morgan fingerprint density at radius 3 is 2.43 bits per heavy atom. The van der Waals surface area contributed by atoms with E-state index in [9.17, 15) is 8.42 Å². The van der Waals surface area contributed by atoms with Gasteiger partial charge in [-0.15, -0.1) is 0 Å². The number of benzene rings is 1. The number of aromatic nitrogens is 1. The fourth-order valence-electron chi connectivity index (χ4n) is 2.81. The first kappa shape index (κ1) is 16.6. The maximum absolute atomic E-state index is 12.6. The van der Waals surface area contributed by atoms with Gasteiger partial charge in [0.25, 0.3) is 0 Å². The molecular weight excluding hydrogens is 355 g/mol. The van der Waals surface area contributed by atoms with Gasteiger partial charge in [0.1, 0.15) is 0 Å². The highest BCUT2D eigenvalue weighted by molar-refractivity contribution is 7.92. The molecule has 1 saturated heterocycles. The van der Waals surface area contributed by atoms with Crippen molar-refractivity contribution in [3.63, 3.8) is 0 Å². The first-order chi connectivity index (χ1) is 11.0. The van der Waals surface area contributed by atoms with Gasteiger partial charge >= 0.3 is 0 Å². The standard InChI is InChI=1S/C16H16Cl2N2O2S/c17-15-4-3-12(10-16(15)18)20-8-5-13(6-9-20)23(21,22)14-2-1-7-19-11-14/h1-4,7,10-11,13H,5-6,8-9H2. The second kappa shape index (κ2) is 6.67. The van der Waals surface area contributed by atoms with Gasteiger partial charge in [0, 0.05) is 31.2 Å². The molecule has 7 heteroatoms. The smallest absolute Gasteiger partial charge is 0.182 e. The van der Waals surface area contributed by atoms with Crippen LogP contribution < -0.4 is 4.90 Å². The van der Waals surface area contributed by atoms with Crippen molar-refractivity contribution in [1.82, 2.24) is 4.98 Å². The number of hydrogen-bond donors (Lipinski definition) is 0.